The summed E-state index contributed by atoms with van der Waals surface area (Å²) in [5, 5.41) is 7.92. The molecular weight excluding hydrogens is 422 g/mol. The third-order valence-electron chi connectivity index (χ3n) is 5.56. The van der Waals surface area contributed by atoms with Crippen LogP contribution in [-0.4, -0.2) is 21.2 Å². The standard InChI is InChI=1S/C24H25N5O2S/c1-14(2)30-22-9-6-15(10-20(22)25)24-28-23(29-31-24)19-5-3-4-18-17(19)7-8-21(18)27-12-16-11-26-13-32-16/h3-6,9-11,13-14,21,27H,7-8,12,25H2,1-2H3/t21-/m0/s1. The number of thiazole rings is 1. The van der Waals surface area contributed by atoms with E-state index < -0.39 is 0 Å². The Morgan fingerprint density at radius 3 is 2.97 bits per heavy atom. The van der Waals surface area contributed by atoms with Crippen molar-refractivity contribution in [2.24, 2.45) is 0 Å². The molecule has 164 valence electrons. The summed E-state index contributed by atoms with van der Waals surface area (Å²) in [6, 6.07) is 12.2. The van der Waals surface area contributed by atoms with Crippen LogP contribution in [0.2, 0.25) is 0 Å². The van der Waals surface area contributed by atoms with E-state index in [2.05, 4.69) is 38.6 Å². The lowest BCUT2D eigenvalue weighted by Crippen LogP contribution is -2.18. The van der Waals surface area contributed by atoms with E-state index in [1.54, 1.807) is 11.3 Å². The third kappa shape index (κ3) is 4.11. The normalized spacial score (nSPS) is 15.3. The van der Waals surface area contributed by atoms with Crippen molar-refractivity contribution in [1.82, 2.24) is 20.4 Å². The molecule has 0 spiro atoms. The quantitative estimate of drug-likeness (QED) is 0.384. The second-order valence-corrected chi connectivity index (χ2v) is 9.13. The average molecular weight is 448 g/mol. The molecule has 3 N–H and O–H groups in total. The smallest absolute Gasteiger partial charge is 0.258 e. The summed E-state index contributed by atoms with van der Waals surface area (Å²) < 4.78 is 11.3. The van der Waals surface area contributed by atoms with Gasteiger partial charge in [0.25, 0.3) is 5.89 Å². The Kier molecular flexibility index (Phi) is 5.63. The van der Waals surface area contributed by atoms with Gasteiger partial charge in [-0.25, -0.2) is 0 Å². The zero-order valence-electron chi connectivity index (χ0n) is 18.0. The van der Waals surface area contributed by atoms with Gasteiger partial charge in [-0.2, -0.15) is 4.98 Å². The number of benzene rings is 2. The highest BCUT2D eigenvalue weighted by Gasteiger charge is 2.26. The predicted octanol–water partition coefficient (Wildman–Crippen LogP) is 5.01. The average Bonchev–Trinajstić information content (AvgIpc) is 3.54. The van der Waals surface area contributed by atoms with Crippen molar-refractivity contribution in [3.8, 4) is 28.6 Å². The molecule has 2 aromatic carbocycles. The van der Waals surface area contributed by atoms with Gasteiger partial charge in [0.2, 0.25) is 5.82 Å². The van der Waals surface area contributed by atoms with E-state index in [1.807, 2.05) is 43.8 Å². The molecule has 0 bridgehead atoms. The summed E-state index contributed by atoms with van der Waals surface area (Å²) in [6.45, 7) is 4.76. The maximum absolute atomic E-state index is 6.15. The number of aromatic nitrogens is 3. The molecule has 0 amide bonds. The summed E-state index contributed by atoms with van der Waals surface area (Å²) in [7, 11) is 0. The molecule has 0 aliphatic heterocycles. The Bertz CT molecular complexity index is 1220. The third-order valence-corrected chi connectivity index (χ3v) is 6.34. The number of rotatable bonds is 7. The maximum Gasteiger partial charge on any atom is 0.258 e. The van der Waals surface area contributed by atoms with Crippen molar-refractivity contribution in [2.45, 2.75) is 45.4 Å². The van der Waals surface area contributed by atoms with Gasteiger partial charge in [0.15, 0.2) is 0 Å². The molecule has 0 radical (unpaired) electrons. The summed E-state index contributed by atoms with van der Waals surface area (Å²) in [5.41, 5.74) is 12.9. The highest BCUT2D eigenvalue weighted by molar-refractivity contribution is 7.09. The molecule has 32 heavy (non-hydrogen) atoms. The second kappa shape index (κ2) is 8.72. The maximum atomic E-state index is 6.15. The number of fused-ring (bicyclic) bond motifs is 1. The fourth-order valence-corrected chi connectivity index (χ4v) is 4.67. The minimum Gasteiger partial charge on any atom is -0.489 e. The van der Waals surface area contributed by atoms with Gasteiger partial charge < -0.3 is 20.3 Å². The van der Waals surface area contributed by atoms with E-state index in [0.717, 1.165) is 30.5 Å². The van der Waals surface area contributed by atoms with E-state index in [1.165, 1.54) is 16.0 Å². The first-order valence-corrected chi connectivity index (χ1v) is 11.6. The van der Waals surface area contributed by atoms with Gasteiger partial charge in [-0.1, -0.05) is 23.4 Å². The van der Waals surface area contributed by atoms with Crippen molar-refractivity contribution >= 4 is 17.0 Å². The summed E-state index contributed by atoms with van der Waals surface area (Å²) in [4.78, 5) is 10.1. The van der Waals surface area contributed by atoms with Gasteiger partial charge in [-0.05, 0) is 56.0 Å². The number of ether oxygens (including phenoxy) is 1. The van der Waals surface area contributed by atoms with Gasteiger partial charge >= 0.3 is 0 Å². The van der Waals surface area contributed by atoms with Gasteiger partial charge in [0, 0.05) is 34.8 Å². The van der Waals surface area contributed by atoms with Crippen molar-refractivity contribution in [3.63, 3.8) is 0 Å². The van der Waals surface area contributed by atoms with Crippen molar-refractivity contribution < 1.29 is 9.26 Å². The van der Waals surface area contributed by atoms with E-state index in [-0.39, 0.29) is 6.10 Å². The molecule has 7 nitrogen and oxygen atoms in total. The highest BCUT2D eigenvalue weighted by atomic mass is 32.1. The molecule has 4 aromatic rings. The minimum atomic E-state index is 0.0543. The number of anilines is 1. The minimum absolute atomic E-state index is 0.0543. The van der Waals surface area contributed by atoms with Crippen LogP contribution in [0.25, 0.3) is 22.8 Å². The molecule has 8 heteroatoms. The van der Waals surface area contributed by atoms with E-state index >= 15 is 0 Å². The molecule has 5 rings (SSSR count). The molecule has 0 saturated heterocycles. The number of hydrogen-bond acceptors (Lipinski definition) is 8. The van der Waals surface area contributed by atoms with Crippen LogP contribution in [0.3, 0.4) is 0 Å². The van der Waals surface area contributed by atoms with Gasteiger partial charge in [0.1, 0.15) is 5.75 Å². The van der Waals surface area contributed by atoms with Crippen molar-refractivity contribution in [3.05, 3.63) is 64.1 Å². The Morgan fingerprint density at radius 2 is 2.19 bits per heavy atom. The Labute approximate surface area is 190 Å². The first-order chi connectivity index (χ1) is 15.6. The Hall–Kier alpha value is -3.23. The fraction of sp³-hybridized carbons (Fsp3) is 0.292. The van der Waals surface area contributed by atoms with Crippen molar-refractivity contribution in [1.29, 1.82) is 0 Å². The predicted molar refractivity (Wildman–Crippen MR) is 125 cm³/mol. The van der Waals surface area contributed by atoms with Crippen LogP contribution in [0.15, 0.2) is 52.6 Å². The Morgan fingerprint density at radius 1 is 1.28 bits per heavy atom. The summed E-state index contributed by atoms with van der Waals surface area (Å²) >= 11 is 1.67. The lowest BCUT2D eigenvalue weighted by molar-refractivity contribution is 0.244. The van der Waals surface area contributed by atoms with E-state index in [9.17, 15) is 0 Å². The van der Waals surface area contributed by atoms with Crippen LogP contribution >= 0.6 is 11.3 Å². The molecule has 1 aliphatic carbocycles. The van der Waals surface area contributed by atoms with E-state index in [0.29, 0.717) is 29.2 Å². The fourth-order valence-electron chi connectivity index (χ4n) is 4.12. The van der Waals surface area contributed by atoms with E-state index in [4.69, 9.17) is 15.0 Å². The molecule has 2 heterocycles. The van der Waals surface area contributed by atoms with Crippen LogP contribution in [0.5, 0.6) is 5.75 Å². The van der Waals surface area contributed by atoms with Crippen LogP contribution in [0.1, 0.15) is 42.3 Å². The first-order valence-electron chi connectivity index (χ1n) is 10.7. The highest BCUT2D eigenvalue weighted by Crippen LogP contribution is 2.38. The number of nitrogens with two attached hydrogens (primary N) is 1. The van der Waals surface area contributed by atoms with Crippen LogP contribution in [0.4, 0.5) is 5.69 Å². The molecule has 0 fully saturated rings. The van der Waals surface area contributed by atoms with Gasteiger partial charge in [-0.15, -0.1) is 11.3 Å². The summed E-state index contributed by atoms with van der Waals surface area (Å²) in [5.74, 6) is 1.69. The van der Waals surface area contributed by atoms with Crippen LogP contribution < -0.4 is 15.8 Å². The first kappa shape index (κ1) is 20.7. The molecule has 0 saturated carbocycles. The van der Waals surface area contributed by atoms with Crippen molar-refractivity contribution in [2.75, 3.05) is 5.73 Å². The molecule has 0 unspecified atom stereocenters. The number of hydrogen-bond donors (Lipinski definition) is 2. The Balaban J connectivity index is 1.38. The summed E-state index contributed by atoms with van der Waals surface area (Å²) in [6.07, 6.45) is 3.99. The number of nitrogens with one attached hydrogen (secondary N) is 1. The SMILES string of the molecule is CC(C)Oc1ccc(-c2nc(-c3cccc4c3CC[C@@H]4NCc3cncs3)no2)cc1N. The topological polar surface area (TPSA) is 99.1 Å². The number of nitrogens with zero attached hydrogens (tertiary/aromatic N) is 3. The zero-order valence-corrected chi connectivity index (χ0v) is 18.9. The monoisotopic (exact) mass is 447 g/mol. The number of nitrogen functional groups attached to an aromatic ring is 1. The largest absolute Gasteiger partial charge is 0.489 e. The molecule has 2 aromatic heterocycles. The van der Waals surface area contributed by atoms with Gasteiger partial charge in [0.05, 0.1) is 17.3 Å². The van der Waals surface area contributed by atoms with Crippen LogP contribution in [-0.2, 0) is 13.0 Å². The lowest BCUT2D eigenvalue weighted by atomic mass is 10.0. The van der Waals surface area contributed by atoms with Gasteiger partial charge in [-0.3, -0.25) is 4.98 Å². The second-order valence-electron chi connectivity index (χ2n) is 8.16. The molecule has 1 aliphatic rings. The molecule has 1 atom stereocenters. The lowest BCUT2D eigenvalue weighted by Gasteiger charge is -2.13. The zero-order chi connectivity index (χ0) is 22.1. The molecular formula is C24H25N5O2S. The van der Waals surface area contributed by atoms with Crippen LogP contribution in [0, 0.1) is 0 Å².